The molecule has 0 amide bonds. The molecule has 1 heterocycles. The standard InChI is InChI=1S/C12H13NO2/c1-3-15-12-8(2)11(14)9-6-4-5-7-10(9)13-12/h4-7H,3H2,1-2H3,(H,13,14). The van der Waals surface area contributed by atoms with Gasteiger partial charge in [0.1, 0.15) is 0 Å². The fourth-order valence-electron chi connectivity index (χ4n) is 1.60. The van der Waals surface area contributed by atoms with Crippen LogP contribution in [-0.4, -0.2) is 11.6 Å². The highest BCUT2D eigenvalue weighted by Crippen LogP contribution is 2.16. The minimum absolute atomic E-state index is 0.0350. The van der Waals surface area contributed by atoms with Gasteiger partial charge in [0.2, 0.25) is 0 Å². The molecule has 0 atom stereocenters. The SMILES string of the molecule is CCOc1[nH]c2ccccc2c(=O)c1C. The largest absolute Gasteiger partial charge is 0.479 e. The van der Waals surface area contributed by atoms with Gasteiger partial charge in [0.25, 0.3) is 0 Å². The molecule has 0 aliphatic carbocycles. The van der Waals surface area contributed by atoms with Gasteiger partial charge in [0, 0.05) is 5.39 Å². The molecule has 2 aromatic rings. The summed E-state index contributed by atoms with van der Waals surface area (Å²) in [7, 11) is 0. The quantitative estimate of drug-likeness (QED) is 0.813. The molecule has 3 heteroatoms. The first-order valence-corrected chi connectivity index (χ1v) is 4.98. The molecule has 0 aliphatic heterocycles. The zero-order chi connectivity index (χ0) is 10.8. The number of pyridine rings is 1. The highest BCUT2D eigenvalue weighted by Gasteiger charge is 2.07. The first kappa shape index (κ1) is 9.77. The molecule has 78 valence electrons. The van der Waals surface area contributed by atoms with E-state index in [1.165, 1.54) is 0 Å². The lowest BCUT2D eigenvalue weighted by atomic mass is 10.1. The Morgan fingerprint density at radius 3 is 2.80 bits per heavy atom. The average molecular weight is 203 g/mol. The molecule has 1 aromatic carbocycles. The smallest absolute Gasteiger partial charge is 0.198 e. The third kappa shape index (κ3) is 1.61. The molecule has 15 heavy (non-hydrogen) atoms. The van der Waals surface area contributed by atoms with Crippen LogP contribution in [-0.2, 0) is 0 Å². The summed E-state index contributed by atoms with van der Waals surface area (Å²) in [5.41, 5.74) is 1.49. The van der Waals surface area contributed by atoms with E-state index < -0.39 is 0 Å². The van der Waals surface area contributed by atoms with Crippen LogP contribution in [0.1, 0.15) is 12.5 Å². The first-order valence-electron chi connectivity index (χ1n) is 4.98. The van der Waals surface area contributed by atoms with E-state index in [4.69, 9.17) is 4.74 Å². The van der Waals surface area contributed by atoms with Crippen LogP contribution < -0.4 is 10.2 Å². The van der Waals surface area contributed by atoms with Crippen LogP contribution in [0.4, 0.5) is 0 Å². The number of H-pyrrole nitrogens is 1. The molecular weight excluding hydrogens is 190 g/mol. The topological polar surface area (TPSA) is 42.1 Å². The molecule has 0 spiro atoms. The van der Waals surface area contributed by atoms with Gasteiger partial charge in [-0.15, -0.1) is 0 Å². The maximum absolute atomic E-state index is 11.9. The van der Waals surface area contributed by atoms with E-state index >= 15 is 0 Å². The minimum Gasteiger partial charge on any atom is -0.479 e. The van der Waals surface area contributed by atoms with E-state index in [9.17, 15) is 4.79 Å². The van der Waals surface area contributed by atoms with Gasteiger partial charge < -0.3 is 9.72 Å². The Labute approximate surface area is 87.7 Å². The lowest BCUT2D eigenvalue weighted by Crippen LogP contribution is -2.10. The number of para-hydroxylation sites is 1. The van der Waals surface area contributed by atoms with Gasteiger partial charge in [0.05, 0.1) is 17.7 Å². The summed E-state index contributed by atoms with van der Waals surface area (Å²) in [5.74, 6) is 0.571. The van der Waals surface area contributed by atoms with Crippen molar-refractivity contribution in [1.82, 2.24) is 4.98 Å². The molecule has 0 fully saturated rings. The van der Waals surface area contributed by atoms with Gasteiger partial charge >= 0.3 is 0 Å². The fourth-order valence-corrected chi connectivity index (χ4v) is 1.60. The molecule has 0 bridgehead atoms. The van der Waals surface area contributed by atoms with Gasteiger partial charge in [-0.25, -0.2) is 0 Å². The lowest BCUT2D eigenvalue weighted by Gasteiger charge is -2.07. The Hall–Kier alpha value is -1.77. The Morgan fingerprint density at radius 1 is 1.33 bits per heavy atom. The zero-order valence-electron chi connectivity index (χ0n) is 8.83. The Bertz CT molecular complexity index is 543. The summed E-state index contributed by atoms with van der Waals surface area (Å²) in [6, 6.07) is 7.44. The second-order valence-electron chi connectivity index (χ2n) is 3.39. The third-order valence-corrected chi connectivity index (χ3v) is 2.39. The van der Waals surface area contributed by atoms with Crippen LogP contribution in [0.15, 0.2) is 29.1 Å². The number of aromatic amines is 1. The summed E-state index contributed by atoms with van der Waals surface area (Å²) < 4.78 is 5.37. The molecule has 3 nitrogen and oxygen atoms in total. The molecular formula is C12H13NO2. The summed E-state index contributed by atoms with van der Waals surface area (Å²) in [4.78, 5) is 15.0. The van der Waals surface area contributed by atoms with Gasteiger partial charge in [-0.05, 0) is 26.0 Å². The first-order chi connectivity index (χ1) is 7.24. The monoisotopic (exact) mass is 203 g/mol. The fraction of sp³-hybridized carbons (Fsp3) is 0.250. The van der Waals surface area contributed by atoms with Crippen molar-refractivity contribution in [2.45, 2.75) is 13.8 Å². The molecule has 2 rings (SSSR count). The number of rotatable bonds is 2. The van der Waals surface area contributed by atoms with E-state index in [0.29, 0.717) is 23.4 Å². The number of hydrogen-bond acceptors (Lipinski definition) is 2. The van der Waals surface area contributed by atoms with Crippen LogP contribution in [0.5, 0.6) is 5.88 Å². The maximum atomic E-state index is 11.9. The molecule has 0 unspecified atom stereocenters. The van der Waals surface area contributed by atoms with Crippen LogP contribution >= 0.6 is 0 Å². The van der Waals surface area contributed by atoms with Crippen molar-refractivity contribution in [2.75, 3.05) is 6.61 Å². The summed E-state index contributed by atoms with van der Waals surface area (Å²) in [5, 5.41) is 0.707. The summed E-state index contributed by atoms with van der Waals surface area (Å²) in [6.07, 6.45) is 0. The van der Waals surface area contributed by atoms with Crippen LogP contribution in [0, 0.1) is 6.92 Å². The van der Waals surface area contributed by atoms with Crippen molar-refractivity contribution in [1.29, 1.82) is 0 Å². The Morgan fingerprint density at radius 2 is 2.07 bits per heavy atom. The van der Waals surface area contributed by atoms with Crippen molar-refractivity contribution < 1.29 is 4.74 Å². The van der Waals surface area contributed by atoms with Crippen molar-refractivity contribution in [3.63, 3.8) is 0 Å². The van der Waals surface area contributed by atoms with Crippen molar-refractivity contribution >= 4 is 10.9 Å². The van der Waals surface area contributed by atoms with Crippen LogP contribution in [0.3, 0.4) is 0 Å². The minimum atomic E-state index is 0.0350. The average Bonchev–Trinajstić information content (AvgIpc) is 2.26. The molecule has 1 N–H and O–H groups in total. The van der Waals surface area contributed by atoms with Crippen molar-refractivity contribution in [3.8, 4) is 5.88 Å². The van der Waals surface area contributed by atoms with E-state index in [1.54, 1.807) is 6.92 Å². The number of fused-ring (bicyclic) bond motifs is 1. The van der Waals surface area contributed by atoms with E-state index in [2.05, 4.69) is 4.98 Å². The molecule has 0 saturated carbocycles. The summed E-state index contributed by atoms with van der Waals surface area (Å²) in [6.45, 7) is 4.22. The predicted octanol–water partition coefficient (Wildman–Crippen LogP) is 2.24. The highest BCUT2D eigenvalue weighted by molar-refractivity contribution is 5.79. The maximum Gasteiger partial charge on any atom is 0.198 e. The molecule has 1 aromatic heterocycles. The number of benzene rings is 1. The van der Waals surface area contributed by atoms with Crippen molar-refractivity contribution in [2.24, 2.45) is 0 Å². The summed E-state index contributed by atoms with van der Waals surface area (Å²) >= 11 is 0. The predicted molar refractivity (Wildman–Crippen MR) is 60.5 cm³/mol. The zero-order valence-corrected chi connectivity index (χ0v) is 8.83. The van der Waals surface area contributed by atoms with Crippen LogP contribution in [0.25, 0.3) is 10.9 Å². The second-order valence-corrected chi connectivity index (χ2v) is 3.39. The molecule has 0 saturated heterocycles. The molecule has 0 radical (unpaired) electrons. The Kier molecular flexibility index (Phi) is 2.46. The molecule has 0 aliphatic rings. The van der Waals surface area contributed by atoms with Crippen LogP contribution in [0.2, 0.25) is 0 Å². The van der Waals surface area contributed by atoms with Gasteiger partial charge in [-0.1, -0.05) is 12.1 Å². The second kappa shape index (κ2) is 3.77. The van der Waals surface area contributed by atoms with E-state index in [-0.39, 0.29) is 5.43 Å². The van der Waals surface area contributed by atoms with Gasteiger partial charge in [-0.3, -0.25) is 4.79 Å². The number of nitrogens with one attached hydrogen (secondary N) is 1. The number of hydrogen-bond donors (Lipinski definition) is 1. The van der Waals surface area contributed by atoms with Gasteiger partial charge in [0.15, 0.2) is 11.3 Å². The van der Waals surface area contributed by atoms with Crippen molar-refractivity contribution in [3.05, 3.63) is 40.1 Å². The van der Waals surface area contributed by atoms with E-state index in [1.807, 2.05) is 31.2 Å². The normalized spacial score (nSPS) is 10.5. The highest BCUT2D eigenvalue weighted by atomic mass is 16.5. The lowest BCUT2D eigenvalue weighted by molar-refractivity contribution is 0.325. The van der Waals surface area contributed by atoms with Gasteiger partial charge in [-0.2, -0.15) is 0 Å². The Balaban J connectivity index is 2.77. The third-order valence-electron chi connectivity index (χ3n) is 2.39. The number of ether oxygens (including phenoxy) is 1. The number of aromatic nitrogens is 1. The van der Waals surface area contributed by atoms with E-state index in [0.717, 1.165) is 5.52 Å².